The van der Waals surface area contributed by atoms with Crippen molar-refractivity contribution in [3.05, 3.63) is 54.6 Å². The highest BCUT2D eigenvalue weighted by molar-refractivity contribution is 5.31. The average Bonchev–Trinajstić information content (AvgIpc) is 2.73. The van der Waals surface area contributed by atoms with E-state index in [-0.39, 0.29) is 0 Å². The molecule has 27 heavy (non-hydrogen) atoms. The standard InChI is InChI=1S/C22H30N2O3/c1-25-20-8-10-22(11-9-20)26-18-5-12-23-13-15-24(16-14-23)17-19-27-21-6-3-2-4-7-21/h2-4,6-11H,5,12-19H2,1H3. The molecule has 0 radical (unpaired) electrons. The molecule has 1 heterocycles. The van der Waals surface area contributed by atoms with Crippen molar-refractivity contribution < 1.29 is 14.2 Å². The van der Waals surface area contributed by atoms with Crippen molar-refractivity contribution in [1.82, 2.24) is 9.80 Å². The van der Waals surface area contributed by atoms with Gasteiger partial charge < -0.3 is 19.1 Å². The van der Waals surface area contributed by atoms with Crippen LogP contribution in [0, 0.1) is 0 Å². The van der Waals surface area contributed by atoms with Crippen molar-refractivity contribution in [3.63, 3.8) is 0 Å². The third-order valence-corrected chi connectivity index (χ3v) is 4.83. The lowest BCUT2D eigenvalue weighted by Gasteiger charge is -2.34. The minimum atomic E-state index is 0.747. The van der Waals surface area contributed by atoms with Crippen LogP contribution in [0.5, 0.6) is 17.2 Å². The molecular formula is C22H30N2O3. The van der Waals surface area contributed by atoms with Gasteiger partial charge in [0.1, 0.15) is 23.9 Å². The van der Waals surface area contributed by atoms with Crippen LogP contribution in [0.25, 0.3) is 0 Å². The smallest absolute Gasteiger partial charge is 0.119 e. The molecule has 146 valence electrons. The Labute approximate surface area is 162 Å². The van der Waals surface area contributed by atoms with Crippen LogP contribution in [0.3, 0.4) is 0 Å². The van der Waals surface area contributed by atoms with E-state index in [9.17, 15) is 0 Å². The van der Waals surface area contributed by atoms with Crippen LogP contribution in [0.1, 0.15) is 6.42 Å². The second-order valence-electron chi connectivity index (χ2n) is 6.72. The maximum atomic E-state index is 5.80. The predicted molar refractivity (Wildman–Crippen MR) is 108 cm³/mol. The van der Waals surface area contributed by atoms with Crippen LogP contribution < -0.4 is 14.2 Å². The number of ether oxygens (including phenoxy) is 3. The Hall–Kier alpha value is -2.24. The molecule has 0 amide bonds. The van der Waals surface area contributed by atoms with Crippen molar-refractivity contribution in [2.75, 3.05) is 59.6 Å². The van der Waals surface area contributed by atoms with E-state index in [2.05, 4.69) is 9.80 Å². The van der Waals surface area contributed by atoms with Gasteiger partial charge in [-0.05, 0) is 42.8 Å². The Morgan fingerprint density at radius 1 is 0.667 bits per heavy atom. The SMILES string of the molecule is COc1ccc(OCCCN2CCN(CCOc3ccccc3)CC2)cc1. The molecule has 0 aromatic heterocycles. The molecule has 2 aromatic carbocycles. The minimum Gasteiger partial charge on any atom is -0.497 e. The maximum absolute atomic E-state index is 5.80. The summed E-state index contributed by atoms with van der Waals surface area (Å²) in [6, 6.07) is 17.8. The minimum absolute atomic E-state index is 0.747. The highest BCUT2D eigenvalue weighted by atomic mass is 16.5. The molecule has 0 bridgehead atoms. The lowest BCUT2D eigenvalue weighted by molar-refractivity contribution is 0.112. The first-order valence-corrected chi connectivity index (χ1v) is 9.73. The molecular weight excluding hydrogens is 340 g/mol. The molecule has 2 aromatic rings. The summed E-state index contributed by atoms with van der Waals surface area (Å²) >= 11 is 0. The van der Waals surface area contributed by atoms with Gasteiger partial charge in [0, 0.05) is 39.3 Å². The third kappa shape index (κ3) is 6.77. The number of piperazine rings is 1. The van der Waals surface area contributed by atoms with Gasteiger partial charge in [-0.25, -0.2) is 0 Å². The van der Waals surface area contributed by atoms with E-state index in [0.717, 1.165) is 76.2 Å². The summed E-state index contributed by atoms with van der Waals surface area (Å²) in [4.78, 5) is 5.00. The molecule has 1 aliphatic heterocycles. The summed E-state index contributed by atoms with van der Waals surface area (Å²) in [5.41, 5.74) is 0. The molecule has 0 spiro atoms. The average molecular weight is 370 g/mol. The number of hydrogen-bond donors (Lipinski definition) is 0. The van der Waals surface area contributed by atoms with Crippen molar-refractivity contribution in [1.29, 1.82) is 0 Å². The summed E-state index contributed by atoms with van der Waals surface area (Å²) in [5.74, 6) is 2.71. The molecule has 0 atom stereocenters. The van der Waals surface area contributed by atoms with Gasteiger partial charge in [-0.2, -0.15) is 0 Å². The van der Waals surface area contributed by atoms with Gasteiger partial charge in [0.05, 0.1) is 13.7 Å². The molecule has 1 aliphatic rings. The highest BCUT2D eigenvalue weighted by Gasteiger charge is 2.16. The topological polar surface area (TPSA) is 34.2 Å². The molecule has 0 saturated carbocycles. The molecule has 1 fully saturated rings. The van der Waals surface area contributed by atoms with Gasteiger partial charge in [0.25, 0.3) is 0 Å². The van der Waals surface area contributed by atoms with Gasteiger partial charge >= 0.3 is 0 Å². The predicted octanol–water partition coefficient (Wildman–Crippen LogP) is 3.16. The lowest BCUT2D eigenvalue weighted by atomic mass is 10.3. The fourth-order valence-electron chi connectivity index (χ4n) is 3.20. The quantitative estimate of drug-likeness (QED) is 0.600. The molecule has 3 rings (SSSR count). The zero-order valence-electron chi connectivity index (χ0n) is 16.2. The zero-order chi connectivity index (χ0) is 18.7. The molecule has 5 nitrogen and oxygen atoms in total. The largest absolute Gasteiger partial charge is 0.497 e. The first-order valence-electron chi connectivity index (χ1n) is 9.73. The first kappa shape index (κ1) is 19.5. The Morgan fingerprint density at radius 3 is 1.89 bits per heavy atom. The number of methoxy groups -OCH3 is 1. The molecule has 1 saturated heterocycles. The summed E-state index contributed by atoms with van der Waals surface area (Å²) < 4.78 is 16.8. The van der Waals surface area contributed by atoms with Crippen molar-refractivity contribution in [3.8, 4) is 17.2 Å². The van der Waals surface area contributed by atoms with E-state index in [0.29, 0.717) is 0 Å². The fraction of sp³-hybridized carbons (Fsp3) is 0.455. The van der Waals surface area contributed by atoms with Crippen LogP contribution in [0.4, 0.5) is 0 Å². The van der Waals surface area contributed by atoms with Crippen LogP contribution in [0.2, 0.25) is 0 Å². The second kappa shape index (κ2) is 10.8. The summed E-state index contributed by atoms with van der Waals surface area (Å²) in [7, 11) is 1.67. The number of nitrogens with zero attached hydrogens (tertiary/aromatic N) is 2. The van der Waals surface area contributed by atoms with Crippen LogP contribution in [0.15, 0.2) is 54.6 Å². The van der Waals surface area contributed by atoms with Crippen molar-refractivity contribution in [2.24, 2.45) is 0 Å². The van der Waals surface area contributed by atoms with Crippen LogP contribution in [-0.4, -0.2) is 69.4 Å². The first-order chi connectivity index (χ1) is 13.3. The Bertz CT molecular complexity index is 640. The van der Waals surface area contributed by atoms with Crippen LogP contribution >= 0.6 is 0 Å². The number of para-hydroxylation sites is 1. The van der Waals surface area contributed by atoms with Gasteiger partial charge in [-0.15, -0.1) is 0 Å². The summed E-state index contributed by atoms with van der Waals surface area (Å²) in [5, 5.41) is 0. The van der Waals surface area contributed by atoms with Gasteiger partial charge in [0.2, 0.25) is 0 Å². The lowest BCUT2D eigenvalue weighted by Crippen LogP contribution is -2.47. The van der Waals surface area contributed by atoms with Crippen molar-refractivity contribution in [2.45, 2.75) is 6.42 Å². The van der Waals surface area contributed by atoms with E-state index in [1.165, 1.54) is 0 Å². The molecule has 0 N–H and O–H groups in total. The van der Waals surface area contributed by atoms with E-state index >= 15 is 0 Å². The van der Waals surface area contributed by atoms with Gasteiger partial charge in [0.15, 0.2) is 0 Å². The molecule has 5 heteroatoms. The second-order valence-corrected chi connectivity index (χ2v) is 6.72. The van der Waals surface area contributed by atoms with E-state index in [4.69, 9.17) is 14.2 Å². The van der Waals surface area contributed by atoms with E-state index in [1.54, 1.807) is 7.11 Å². The highest BCUT2D eigenvalue weighted by Crippen LogP contribution is 2.17. The van der Waals surface area contributed by atoms with Crippen molar-refractivity contribution >= 4 is 0 Å². The summed E-state index contributed by atoms with van der Waals surface area (Å²) in [6.45, 7) is 8.03. The third-order valence-electron chi connectivity index (χ3n) is 4.83. The Morgan fingerprint density at radius 2 is 1.22 bits per heavy atom. The van der Waals surface area contributed by atoms with E-state index in [1.807, 2.05) is 54.6 Å². The molecule has 0 aliphatic carbocycles. The van der Waals surface area contributed by atoms with Gasteiger partial charge in [-0.1, -0.05) is 18.2 Å². The maximum Gasteiger partial charge on any atom is 0.119 e. The molecule has 0 unspecified atom stereocenters. The Balaban J connectivity index is 1.24. The van der Waals surface area contributed by atoms with Crippen LogP contribution in [-0.2, 0) is 0 Å². The number of benzene rings is 2. The summed E-state index contributed by atoms with van der Waals surface area (Å²) in [6.07, 6.45) is 1.04. The number of rotatable bonds is 10. The fourth-order valence-corrected chi connectivity index (χ4v) is 3.20. The Kier molecular flexibility index (Phi) is 7.81. The van der Waals surface area contributed by atoms with E-state index < -0.39 is 0 Å². The zero-order valence-corrected chi connectivity index (χ0v) is 16.2. The number of hydrogen-bond acceptors (Lipinski definition) is 5. The van der Waals surface area contributed by atoms with Gasteiger partial charge in [-0.3, -0.25) is 4.90 Å². The normalized spacial score (nSPS) is 15.4. The monoisotopic (exact) mass is 370 g/mol.